The lowest BCUT2D eigenvalue weighted by Gasteiger charge is -2.15. The molecule has 4 nitrogen and oxygen atoms in total. The Labute approximate surface area is 111 Å². The molecule has 1 aromatic carbocycles. The molecule has 0 saturated carbocycles. The molecule has 2 rings (SSSR count). The van der Waals surface area contributed by atoms with E-state index in [0.29, 0.717) is 12.4 Å². The minimum absolute atomic E-state index is 0.262. The average Bonchev–Trinajstić information content (AvgIpc) is 2.76. The van der Waals surface area contributed by atoms with Crippen molar-refractivity contribution in [3.8, 4) is 0 Å². The molecule has 2 aromatic rings. The molecule has 1 atom stereocenters. The molecule has 1 heterocycles. The highest BCUT2D eigenvalue weighted by Gasteiger charge is 2.21. The molecule has 0 aliphatic carbocycles. The normalized spacial score (nSPS) is 12.6. The van der Waals surface area contributed by atoms with Crippen molar-refractivity contribution in [1.29, 1.82) is 0 Å². The summed E-state index contributed by atoms with van der Waals surface area (Å²) in [6.45, 7) is 3.95. The van der Waals surface area contributed by atoms with Crippen molar-refractivity contribution >= 4 is 28.6 Å². The second kappa shape index (κ2) is 5.40. The molecule has 1 unspecified atom stereocenters. The second-order valence-corrected chi connectivity index (χ2v) is 4.22. The van der Waals surface area contributed by atoms with E-state index in [1.54, 1.807) is 13.8 Å². The van der Waals surface area contributed by atoms with Gasteiger partial charge in [0.1, 0.15) is 11.9 Å². The molecule has 0 aliphatic heterocycles. The third-order valence-corrected chi connectivity index (χ3v) is 3.04. The fraction of sp³-hybridized carbons (Fsp3) is 0.385. The van der Waals surface area contributed by atoms with Crippen LogP contribution < -0.4 is 0 Å². The first-order valence-corrected chi connectivity index (χ1v) is 6.41. The molecule has 0 radical (unpaired) electrons. The van der Waals surface area contributed by atoms with Crippen LogP contribution in [0.2, 0.25) is 0 Å². The molecular formula is C13H15ClN2O2. The summed E-state index contributed by atoms with van der Waals surface area (Å²) in [5.74, 6) is 0.670. The first-order valence-electron chi connectivity index (χ1n) is 5.87. The number of carbonyl (C=O) groups is 1. The molecule has 96 valence electrons. The molecule has 0 bridgehead atoms. The van der Waals surface area contributed by atoms with E-state index in [0.717, 1.165) is 11.0 Å². The molecule has 0 spiro atoms. The summed E-state index contributed by atoms with van der Waals surface area (Å²) in [7, 11) is 0. The van der Waals surface area contributed by atoms with Crippen LogP contribution in [0.3, 0.4) is 0 Å². The fourth-order valence-corrected chi connectivity index (χ4v) is 2.18. The third-order valence-electron chi connectivity index (χ3n) is 2.80. The maximum Gasteiger partial charge on any atom is 0.328 e. The van der Waals surface area contributed by atoms with Gasteiger partial charge in [0.05, 0.1) is 23.5 Å². The van der Waals surface area contributed by atoms with Gasteiger partial charge in [-0.1, -0.05) is 12.1 Å². The van der Waals surface area contributed by atoms with Gasteiger partial charge in [0, 0.05) is 0 Å². The van der Waals surface area contributed by atoms with E-state index in [9.17, 15) is 4.79 Å². The molecule has 0 amide bonds. The van der Waals surface area contributed by atoms with Gasteiger partial charge in [-0.25, -0.2) is 9.78 Å². The summed E-state index contributed by atoms with van der Waals surface area (Å²) in [6, 6.07) is 7.22. The summed E-state index contributed by atoms with van der Waals surface area (Å²) >= 11 is 5.89. The van der Waals surface area contributed by atoms with Crippen LogP contribution >= 0.6 is 11.6 Å². The molecule has 0 saturated heterocycles. The monoisotopic (exact) mass is 266 g/mol. The van der Waals surface area contributed by atoms with Gasteiger partial charge in [0.2, 0.25) is 0 Å². The van der Waals surface area contributed by atoms with Gasteiger partial charge >= 0.3 is 5.97 Å². The summed E-state index contributed by atoms with van der Waals surface area (Å²) < 4.78 is 6.88. The average molecular weight is 267 g/mol. The van der Waals surface area contributed by atoms with Gasteiger partial charge in [0.15, 0.2) is 0 Å². The predicted octanol–water partition coefficient (Wildman–Crippen LogP) is 2.90. The van der Waals surface area contributed by atoms with Gasteiger partial charge in [0.25, 0.3) is 0 Å². The van der Waals surface area contributed by atoms with E-state index < -0.39 is 6.04 Å². The second-order valence-electron chi connectivity index (χ2n) is 3.95. The van der Waals surface area contributed by atoms with Crippen LogP contribution in [0.5, 0.6) is 0 Å². The smallest absolute Gasteiger partial charge is 0.328 e. The fourth-order valence-electron chi connectivity index (χ4n) is 1.99. The molecule has 0 fully saturated rings. The number of hydrogen-bond acceptors (Lipinski definition) is 3. The number of ether oxygens (including phenoxy) is 1. The highest BCUT2D eigenvalue weighted by atomic mass is 35.5. The van der Waals surface area contributed by atoms with Crippen LogP contribution in [0, 0.1) is 0 Å². The zero-order chi connectivity index (χ0) is 13.1. The first-order chi connectivity index (χ1) is 8.69. The van der Waals surface area contributed by atoms with Crippen LogP contribution in [-0.4, -0.2) is 22.1 Å². The number of aromatic nitrogens is 2. The lowest BCUT2D eigenvalue weighted by atomic mass is 10.2. The summed E-state index contributed by atoms with van der Waals surface area (Å²) in [6.07, 6.45) is 0. The Balaban J connectivity index is 2.50. The number of alkyl halides is 1. The van der Waals surface area contributed by atoms with Crippen LogP contribution in [0.25, 0.3) is 11.0 Å². The maximum absolute atomic E-state index is 11.8. The quantitative estimate of drug-likeness (QED) is 0.631. The van der Waals surface area contributed by atoms with Crippen molar-refractivity contribution in [1.82, 2.24) is 9.55 Å². The predicted molar refractivity (Wildman–Crippen MR) is 70.6 cm³/mol. The van der Waals surface area contributed by atoms with Gasteiger partial charge < -0.3 is 9.30 Å². The highest BCUT2D eigenvalue weighted by molar-refractivity contribution is 6.16. The number of para-hydroxylation sites is 2. The Kier molecular flexibility index (Phi) is 3.87. The Morgan fingerprint density at radius 3 is 2.89 bits per heavy atom. The number of halogens is 1. The van der Waals surface area contributed by atoms with Crippen LogP contribution in [0.1, 0.15) is 25.7 Å². The standard InChI is InChI=1S/C13H15ClN2O2/c1-3-18-13(17)9(2)16-11-7-5-4-6-10(11)15-12(16)8-14/h4-7,9H,3,8H2,1-2H3. The third kappa shape index (κ3) is 2.20. The number of fused-ring (bicyclic) bond motifs is 1. The van der Waals surface area contributed by atoms with Crippen molar-refractivity contribution in [2.24, 2.45) is 0 Å². The van der Waals surface area contributed by atoms with E-state index in [4.69, 9.17) is 16.3 Å². The summed E-state index contributed by atoms with van der Waals surface area (Å²) in [4.78, 5) is 16.3. The zero-order valence-electron chi connectivity index (χ0n) is 10.4. The molecule has 18 heavy (non-hydrogen) atoms. The Bertz CT molecular complexity index is 565. The maximum atomic E-state index is 11.8. The van der Waals surface area contributed by atoms with Crippen molar-refractivity contribution in [3.05, 3.63) is 30.1 Å². The summed E-state index contributed by atoms with van der Waals surface area (Å²) in [5, 5.41) is 0. The topological polar surface area (TPSA) is 44.1 Å². The number of hydrogen-bond donors (Lipinski definition) is 0. The van der Waals surface area contributed by atoms with Crippen LogP contribution in [0.4, 0.5) is 0 Å². The minimum atomic E-state index is -0.425. The number of rotatable bonds is 4. The van der Waals surface area contributed by atoms with Crippen LogP contribution in [-0.2, 0) is 15.4 Å². The molecule has 5 heteroatoms. The zero-order valence-corrected chi connectivity index (χ0v) is 11.1. The van der Waals surface area contributed by atoms with E-state index in [1.807, 2.05) is 28.8 Å². The van der Waals surface area contributed by atoms with Crippen LogP contribution in [0.15, 0.2) is 24.3 Å². The van der Waals surface area contributed by atoms with Gasteiger partial charge in [-0.2, -0.15) is 0 Å². The lowest BCUT2D eigenvalue weighted by molar-refractivity contribution is -0.146. The van der Waals surface area contributed by atoms with E-state index in [1.165, 1.54) is 0 Å². The largest absolute Gasteiger partial charge is 0.464 e. The van der Waals surface area contributed by atoms with E-state index >= 15 is 0 Å². The van der Waals surface area contributed by atoms with Crippen molar-refractivity contribution in [2.45, 2.75) is 25.8 Å². The van der Waals surface area contributed by atoms with Crippen molar-refractivity contribution in [2.75, 3.05) is 6.61 Å². The Hall–Kier alpha value is -1.55. The molecule has 0 N–H and O–H groups in total. The number of esters is 1. The van der Waals surface area contributed by atoms with Gasteiger partial charge in [-0.15, -0.1) is 11.6 Å². The molecule has 0 aliphatic rings. The van der Waals surface area contributed by atoms with E-state index in [-0.39, 0.29) is 11.8 Å². The van der Waals surface area contributed by atoms with Gasteiger partial charge in [-0.3, -0.25) is 0 Å². The SMILES string of the molecule is CCOC(=O)C(C)n1c(CCl)nc2ccccc21. The lowest BCUT2D eigenvalue weighted by Crippen LogP contribution is -2.20. The van der Waals surface area contributed by atoms with E-state index in [2.05, 4.69) is 4.98 Å². The summed E-state index contributed by atoms with van der Waals surface area (Å²) in [5.41, 5.74) is 1.73. The number of benzene rings is 1. The minimum Gasteiger partial charge on any atom is -0.464 e. The molecule has 1 aromatic heterocycles. The number of imidazole rings is 1. The molecular weight excluding hydrogens is 252 g/mol. The first kappa shape index (κ1) is 12.9. The van der Waals surface area contributed by atoms with Crippen molar-refractivity contribution < 1.29 is 9.53 Å². The Morgan fingerprint density at radius 1 is 1.50 bits per heavy atom. The highest BCUT2D eigenvalue weighted by Crippen LogP contribution is 2.23. The number of carbonyl (C=O) groups excluding carboxylic acids is 1. The Morgan fingerprint density at radius 2 is 2.22 bits per heavy atom. The van der Waals surface area contributed by atoms with Gasteiger partial charge in [-0.05, 0) is 26.0 Å². The number of nitrogens with zero attached hydrogens (tertiary/aromatic N) is 2. The van der Waals surface area contributed by atoms with Crippen molar-refractivity contribution in [3.63, 3.8) is 0 Å².